The number of hydrogen-bond acceptors (Lipinski definition) is 15. The van der Waals surface area contributed by atoms with Crippen LogP contribution < -0.4 is 76.3 Å². The number of fused-ring (bicyclic) bond motifs is 1. The van der Waals surface area contributed by atoms with Gasteiger partial charge < -0.3 is 80.7 Å². The smallest absolute Gasteiger partial charge is 0.334 e. The molecule has 29 heteroatoms. The van der Waals surface area contributed by atoms with Crippen molar-refractivity contribution in [1.82, 2.24) is 63.4 Å². The number of aromatic amines is 1. The molecule has 0 aliphatic heterocycles. The maximum Gasteiger partial charge on any atom is 0.334 e. The summed E-state index contributed by atoms with van der Waals surface area (Å²) in [5, 5.41) is 42.0. The van der Waals surface area contributed by atoms with Crippen LogP contribution in [0.2, 0.25) is 0 Å². The fourth-order valence-corrected chi connectivity index (χ4v) is 9.14. The average molecular weight is 1220 g/mol. The largest absolute Gasteiger partial charge is 0.508 e. The van der Waals surface area contributed by atoms with E-state index in [4.69, 9.17) is 22.9 Å². The number of nitrogens with one attached hydrogen (secondary N) is 11. The number of phenolic OH excluding ortho intramolecular Hbond substituents is 1. The van der Waals surface area contributed by atoms with Gasteiger partial charge in [0.05, 0.1) is 18.6 Å². The van der Waals surface area contributed by atoms with E-state index >= 15 is 0 Å². The Kier molecular flexibility index (Phi) is 26.6. The molecule has 0 radical (unpaired) electrons. The summed E-state index contributed by atoms with van der Waals surface area (Å²) >= 11 is 0. The number of nitrogens with two attached hydrogens (primary N) is 4. The zero-order valence-electron chi connectivity index (χ0n) is 49.2. The number of pyridine rings is 1. The van der Waals surface area contributed by atoms with Crippen molar-refractivity contribution in [3.05, 3.63) is 132 Å². The van der Waals surface area contributed by atoms with Gasteiger partial charge in [0.1, 0.15) is 48.0 Å². The van der Waals surface area contributed by atoms with Gasteiger partial charge in [-0.1, -0.05) is 74.5 Å². The monoisotopic (exact) mass is 1220 g/mol. The van der Waals surface area contributed by atoms with E-state index in [0.717, 1.165) is 17.8 Å². The van der Waals surface area contributed by atoms with Crippen LogP contribution in [0.4, 0.5) is 4.79 Å². The Hall–Kier alpha value is -10.2. The van der Waals surface area contributed by atoms with E-state index < -0.39 is 120 Å². The summed E-state index contributed by atoms with van der Waals surface area (Å²) < 4.78 is 0. The Morgan fingerprint density at radius 1 is 0.580 bits per heavy atom. The van der Waals surface area contributed by atoms with Crippen LogP contribution in [0.25, 0.3) is 10.9 Å². The SMILES string of the molecule is CN=C(N)NCCC[C@H](NC(=O)[C@H](CC(C)C)NC(=O)NNC(=O)[C@H](Cc1ccccc1)NC(=O)[C@@H](NC(=O)[C@H](CC(N)=O)NC(=O)[C@@H](Cc1ccncc1)NC(=O)[C@H](N)Cc1ccc(O)cc1)[C@@H](C)O)C(=O)N[C@@H](Cc1c[nH]c2ccccc12)C(N)=O. The molecule has 472 valence electrons. The van der Waals surface area contributed by atoms with E-state index in [1.54, 1.807) is 74.6 Å². The number of H-pyrrole nitrogens is 1. The molecular formula is C59H79N17O12. The zero-order chi connectivity index (χ0) is 64.5. The number of aliphatic hydroxyl groups excluding tert-OH is 1. The molecule has 0 bridgehead atoms. The van der Waals surface area contributed by atoms with Crippen molar-refractivity contribution in [2.45, 2.75) is 127 Å². The lowest BCUT2D eigenvalue weighted by Crippen LogP contribution is -2.62. The topological polar surface area (TPSA) is 477 Å². The molecule has 0 saturated carbocycles. The van der Waals surface area contributed by atoms with Gasteiger partial charge in [0.15, 0.2) is 5.96 Å². The maximum atomic E-state index is 14.1. The van der Waals surface area contributed by atoms with Crippen molar-refractivity contribution in [1.29, 1.82) is 0 Å². The van der Waals surface area contributed by atoms with E-state index in [2.05, 4.69) is 68.3 Å². The highest BCUT2D eigenvalue weighted by Crippen LogP contribution is 2.20. The summed E-state index contributed by atoms with van der Waals surface area (Å²) in [6.07, 6.45) is 2.08. The van der Waals surface area contributed by atoms with Crippen molar-refractivity contribution in [2.75, 3.05) is 13.6 Å². The first kappa shape index (κ1) is 68.6. The number of amides is 11. The van der Waals surface area contributed by atoms with Crippen LogP contribution in [0.3, 0.4) is 0 Å². The molecule has 5 aromatic rings. The van der Waals surface area contributed by atoms with Gasteiger partial charge in [-0.05, 0) is 91.1 Å². The summed E-state index contributed by atoms with van der Waals surface area (Å²) in [4.78, 5) is 148. The second kappa shape index (κ2) is 34.1. The molecule has 0 saturated heterocycles. The first-order chi connectivity index (χ1) is 41.9. The number of carbonyl (C=O) groups excluding carboxylic acids is 10. The number of urea groups is 1. The molecule has 2 aromatic heterocycles. The minimum absolute atomic E-state index is 0.00250. The quantitative estimate of drug-likeness (QED) is 0.00922. The molecule has 3 aromatic carbocycles. The summed E-state index contributed by atoms with van der Waals surface area (Å²) in [5.74, 6) is -8.60. The summed E-state index contributed by atoms with van der Waals surface area (Å²) in [6, 6.07) is 12.1. The molecule has 88 heavy (non-hydrogen) atoms. The second-order valence-corrected chi connectivity index (χ2v) is 21.3. The molecule has 9 atom stereocenters. The van der Waals surface area contributed by atoms with E-state index in [9.17, 15) is 58.2 Å². The zero-order valence-corrected chi connectivity index (χ0v) is 49.2. The van der Waals surface area contributed by atoms with E-state index in [1.807, 2.05) is 24.3 Å². The number of phenols is 1. The maximum absolute atomic E-state index is 14.1. The number of para-hydroxylation sites is 1. The second-order valence-electron chi connectivity index (χ2n) is 21.3. The number of nitrogens with zero attached hydrogens (tertiary/aromatic N) is 2. The number of guanidine groups is 1. The lowest BCUT2D eigenvalue weighted by atomic mass is 10.0. The van der Waals surface area contributed by atoms with Crippen LogP contribution in [-0.2, 0) is 68.8 Å². The van der Waals surface area contributed by atoms with Crippen LogP contribution in [-0.4, -0.2) is 153 Å². The third-order valence-electron chi connectivity index (χ3n) is 13.8. The lowest BCUT2D eigenvalue weighted by molar-refractivity contribution is -0.137. The van der Waals surface area contributed by atoms with E-state index in [-0.39, 0.29) is 69.1 Å². The number of benzene rings is 3. The number of hydrazine groups is 1. The van der Waals surface area contributed by atoms with Gasteiger partial charge in [0, 0.05) is 62.3 Å². The fourth-order valence-electron chi connectivity index (χ4n) is 9.14. The molecule has 11 amide bonds. The predicted octanol–water partition coefficient (Wildman–Crippen LogP) is -2.42. The number of aromatic hydroxyl groups is 1. The Bertz CT molecular complexity index is 3220. The first-order valence-electron chi connectivity index (χ1n) is 28.3. The molecule has 29 nitrogen and oxygen atoms in total. The number of rotatable bonds is 32. The fraction of sp³-hybridized carbons (Fsp3) is 0.390. The van der Waals surface area contributed by atoms with E-state index in [0.29, 0.717) is 22.3 Å². The number of primary amides is 2. The number of hydrogen-bond donors (Lipinski definition) is 17. The highest BCUT2D eigenvalue weighted by atomic mass is 16.3. The van der Waals surface area contributed by atoms with Gasteiger partial charge >= 0.3 is 6.03 Å². The number of carbonyl (C=O) groups is 10. The van der Waals surface area contributed by atoms with Crippen molar-refractivity contribution in [3.63, 3.8) is 0 Å². The van der Waals surface area contributed by atoms with Crippen LogP contribution >= 0.6 is 0 Å². The standard InChI is InChI=1S/C59H79N17O12/c1-32(2)25-44(53(83)68-42(15-10-22-66-58(63)64-4)52(82)69-43(50(62)80)29-37-31-67-41-14-9-8-13-39(37)41)73-59(88)76-75-56(86)46(27-34-11-6-5-7-12-34)72-57(87)49(33(3)77)74-55(85)47(30-48(61)79)71-54(84)45(28-36-20-23-65-24-21-36)70-51(81)40(60)26-35-16-18-38(78)19-17-35/h5-9,11-14,16-21,23-24,31-33,40,42-47,49,67,77-78H,10,15,22,25-30,60H2,1-4H3,(H2,61,79)(H2,62,80)(H,68,83)(H,69,82)(H,70,81)(H,71,84)(H,72,87)(H,74,85)(H,75,86)(H3,63,64,66)(H2,73,76,88)/t33-,40-,42+,43+,44+,45-,46+,47+,49+/m1/s1. The Morgan fingerprint density at radius 3 is 1.77 bits per heavy atom. The van der Waals surface area contributed by atoms with Crippen molar-refractivity contribution >= 4 is 76.1 Å². The van der Waals surface area contributed by atoms with Gasteiger partial charge in [0.2, 0.25) is 47.3 Å². The molecule has 0 unspecified atom stereocenters. The predicted molar refractivity (Wildman–Crippen MR) is 324 cm³/mol. The first-order valence-corrected chi connectivity index (χ1v) is 28.3. The summed E-state index contributed by atoms with van der Waals surface area (Å²) in [6.45, 7) is 4.93. The van der Waals surface area contributed by atoms with Crippen LogP contribution in [0.5, 0.6) is 5.75 Å². The molecule has 2 heterocycles. The highest BCUT2D eigenvalue weighted by molar-refractivity contribution is 5.99. The van der Waals surface area contributed by atoms with Crippen molar-refractivity contribution in [2.24, 2.45) is 33.8 Å². The third-order valence-corrected chi connectivity index (χ3v) is 13.8. The minimum atomic E-state index is -1.87. The third kappa shape index (κ3) is 22.4. The summed E-state index contributed by atoms with van der Waals surface area (Å²) in [7, 11) is 1.48. The van der Waals surface area contributed by atoms with Crippen LogP contribution in [0, 0.1) is 5.92 Å². The highest BCUT2D eigenvalue weighted by Gasteiger charge is 2.36. The van der Waals surface area contributed by atoms with Gasteiger partial charge in [-0.15, -0.1) is 0 Å². The van der Waals surface area contributed by atoms with Gasteiger partial charge in [-0.2, -0.15) is 0 Å². The number of aliphatic hydroxyl groups is 1. The average Bonchev–Trinajstić information content (AvgIpc) is 4.12. The Labute approximate surface area is 507 Å². The normalized spacial score (nSPS) is 14.4. The molecule has 0 fully saturated rings. The minimum Gasteiger partial charge on any atom is -0.508 e. The number of aromatic nitrogens is 2. The molecule has 0 aliphatic rings. The van der Waals surface area contributed by atoms with E-state index in [1.165, 1.54) is 31.6 Å². The van der Waals surface area contributed by atoms with Gasteiger partial charge in [-0.25, -0.2) is 10.2 Å². The molecular weight excluding hydrogens is 1140 g/mol. The number of aliphatic imine (C=N–C) groups is 1. The molecule has 5 rings (SSSR count). The Balaban J connectivity index is 1.28. The Morgan fingerprint density at radius 2 is 1.14 bits per heavy atom. The van der Waals surface area contributed by atoms with Gasteiger partial charge in [-0.3, -0.25) is 58.6 Å². The lowest BCUT2D eigenvalue weighted by Gasteiger charge is -2.28. The molecule has 21 N–H and O–H groups in total. The molecule has 0 spiro atoms. The summed E-state index contributed by atoms with van der Waals surface area (Å²) in [5.41, 5.74) is 30.9. The molecule has 0 aliphatic carbocycles. The van der Waals surface area contributed by atoms with Crippen molar-refractivity contribution in [3.8, 4) is 5.75 Å². The van der Waals surface area contributed by atoms with Gasteiger partial charge in [0.25, 0.3) is 5.91 Å². The van der Waals surface area contributed by atoms with Crippen molar-refractivity contribution < 1.29 is 58.2 Å². The van der Waals surface area contributed by atoms with Crippen LogP contribution in [0.1, 0.15) is 68.7 Å². The van der Waals surface area contributed by atoms with Crippen LogP contribution in [0.15, 0.2) is 115 Å².